The van der Waals surface area contributed by atoms with Gasteiger partial charge in [0, 0.05) is 20.6 Å². The number of hydrogen-bond acceptors (Lipinski definition) is 5. The molecular weight excluding hydrogens is 517 g/mol. The number of thioether (sulfide) groups is 1. The molecule has 1 saturated heterocycles. The minimum absolute atomic E-state index is 0.232. The molecule has 0 unspecified atom stereocenters. The molecule has 34 heavy (non-hydrogen) atoms. The first-order valence-electron chi connectivity index (χ1n) is 10.2. The molecule has 0 radical (unpaired) electrons. The van der Waals surface area contributed by atoms with Crippen LogP contribution in [-0.4, -0.2) is 17.8 Å². The van der Waals surface area contributed by atoms with Gasteiger partial charge < -0.3 is 9.47 Å². The van der Waals surface area contributed by atoms with Crippen LogP contribution in [0.1, 0.15) is 18.1 Å². The van der Waals surface area contributed by atoms with E-state index in [4.69, 9.17) is 44.3 Å². The van der Waals surface area contributed by atoms with E-state index in [2.05, 4.69) is 0 Å². The zero-order valence-electron chi connectivity index (χ0n) is 17.9. The Morgan fingerprint density at radius 2 is 1.62 bits per heavy atom. The highest BCUT2D eigenvalue weighted by atomic mass is 35.5. The number of carbonyl (C=O) groups excluding carboxylic acids is 2. The standard InChI is InChI=1S/C25H18Cl3NO4S/c1-2-32-22-11-15(3-10-21(22)33-14-16-4-5-18(27)13-20(16)28)12-23-24(30)29(25(31)34-23)19-8-6-17(26)7-9-19/h3-13H,2,14H2,1H3/b23-12+. The fraction of sp³-hybridized carbons (Fsp3) is 0.120. The van der Waals surface area contributed by atoms with Gasteiger partial charge in [-0.15, -0.1) is 0 Å². The number of rotatable bonds is 7. The summed E-state index contributed by atoms with van der Waals surface area (Å²) in [4.78, 5) is 26.8. The molecule has 0 bridgehead atoms. The zero-order chi connectivity index (χ0) is 24.2. The molecule has 1 fully saturated rings. The van der Waals surface area contributed by atoms with Crippen LogP contribution in [0.15, 0.2) is 65.6 Å². The fourth-order valence-electron chi connectivity index (χ4n) is 3.23. The van der Waals surface area contributed by atoms with Crippen LogP contribution in [0.4, 0.5) is 10.5 Å². The van der Waals surface area contributed by atoms with Crippen LogP contribution < -0.4 is 14.4 Å². The van der Waals surface area contributed by atoms with Gasteiger partial charge in [0.05, 0.1) is 17.2 Å². The Kier molecular flexibility index (Phi) is 7.73. The number of anilines is 1. The largest absolute Gasteiger partial charge is 0.490 e. The molecule has 4 rings (SSSR count). The summed E-state index contributed by atoms with van der Waals surface area (Å²) in [5.41, 5.74) is 1.95. The topological polar surface area (TPSA) is 55.8 Å². The Morgan fingerprint density at radius 3 is 2.32 bits per heavy atom. The number of benzene rings is 3. The number of carbonyl (C=O) groups is 2. The molecule has 5 nitrogen and oxygen atoms in total. The van der Waals surface area contributed by atoms with Gasteiger partial charge in [-0.2, -0.15) is 0 Å². The van der Waals surface area contributed by atoms with Gasteiger partial charge in [-0.3, -0.25) is 9.59 Å². The Morgan fingerprint density at radius 1 is 0.882 bits per heavy atom. The lowest BCUT2D eigenvalue weighted by Gasteiger charge is -2.14. The van der Waals surface area contributed by atoms with E-state index < -0.39 is 5.91 Å². The summed E-state index contributed by atoms with van der Waals surface area (Å²) >= 11 is 19.0. The summed E-state index contributed by atoms with van der Waals surface area (Å²) in [7, 11) is 0. The molecular formula is C25H18Cl3NO4S. The molecule has 1 aliphatic heterocycles. The van der Waals surface area contributed by atoms with Crippen molar-refractivity contribution in [3.8, 4) is 11.5 Å². The highest BCUT2D eigenvalue weighted by Crippen LogP contribution is 2.37. The Bertz CT molecular complexity index is 1280. The van der Waals surface area contributed by atoms with Crippen molar-refractivity contribution in [2.45, 2.75) is 13.5 Å². The van der Waals surface area contributed by atoms with E-state index in [0.717, 1.165) is 22.2 Å². The molecule has 0 spiro atoms. The van der Waals surface area contributed by atoms with Crippen LogP contribution in [0, 0.1) is 0 Å². The van der Waals surface area contributed by atoms with Gasteiger partial charge in [0.15, 0.2) is 11.5 Å². The Labute approximate surface area is 216 Å². The zero-order valence-corrected chi connectivity index (χ0v) is 21.0. The van der Waals surface area contributed by atoms with E-state index in [9.17, 15) is 9.59 Å². The van der Waals surface area contributed by atoms with Gasteiger partial charge in [0.2, 0.25) is 0 Å². The van der Waals surface area contributed by atoms with Crippen molar-refractivity contribution < 1.29 is 19.1 Å². The number of imide groups is 1. The highest BCUT2D eigenvalue weighted by Gasteiger charge is 2.36. The molecule has 0 saturated carbocycles. The summed E-state index contributed by atoms with van der Waals surface area (Å²) in [5.74, 6) is 0.644. The van der Waals surface area contributed by atoms with Crippen LogP contribution in [-0.2, 0) is 11.4 Å². The minimum Gasteiger partial charge on any atom is -0.490 e. The minimum atomic E-state index is -0.395. The molecule has 1 aliphatic rings. The number of amides is 2. The molecule has 0 atom stereocenters. The summed E-state index contributed by atoms with van der Waals surface area (Å²) < 4.78 is 11.7. The lowest BCUT2D eigenvalue weighted by Crippen LogP contribution is -2.27. The van der Waals surface area contributed by atoms with Gasteiger partial charge >= 0.3 is 0 Å². The predicted octanol–water partition coefficient (Wildman–Crippen LogP) is 7.87. The van der Waals surface area contributed by atoms with Gasteiger partial charge in [-0.1, -0.05) is 46.9 Å². The SMILES string of the molecule is CCOc1cc(/C=C2/SC(=O)N(c3ccc(Cl)cc3)C2=O)ccc1OCc1ccc(Cl)cc1Cl. The van der Waals surface area contributed by atoms with Gasteiger partial charge in [0.25, 0.3) is 11.1 Å². The molecule has 0 aliphatic carbocycles. The van der Waals surface area contributed by atoms with Crippen molar-refractivity contribution in [2.75, 3.05) is 11.5 Å². The third-order valence-corrected chi connectivity index (χ3v) is 6.55. The van der Waals surface area contributed by atoms with E-state index in [-0.39, 0.29) is 11.8 Å². The second kappa shape index (κ2) is 10.7. The van der Waals surface area contributed by atoms with Gasteiger partial charge in [0.1, 0.15) is 6.61 Å². The van der Waals surface area contributed by atoms with Gasteiger partial charge in [-0.25, -0.2) is 4.90 Å². The van der Waals surface area contributed by atoms with Crippen LogP contribution in [0.5, 0.6) is 11.5 Å². The van der Waals surface area contributed by atoms with Crippen molar-refractivity contribution in [1.82, 2.24) is 0 Å². The Balaban J connectivity index is 1.55. The lowest BCUT2D eigenvalue weighted by atomic mass is 10.1. The van der Waals surface area contributed by atoms with Crippen molar-refractivity contribution in [3.63, 3.8) is 0 Å². The van der Waals surface area contributed by atoms with Crippen molar-refractivity contribution >= 4 is 69.5 Å². The van der Waals surface area contributed by atoms with E-state index in [1.807, 2.05) is 6.92 Å². The second-order valence-corrected chi connectivity index (χ2v) is 9.43. The van der Waals surface area contributed by atoms with Crippen molar-refractivity contribution in [2.24, 2.45) is 0 Å². The average Bonchev–Trinajstić information content (AvgIpc) is 3.08. The second-order valence-electron chi connectivity index (χ2n) is 7.16. The van der Waals surface area contributed by atoms with E-state index in [1.54, 1.807) is 66.7 Å². The number of halogens is 3. The number of hydrogen-bond donors (Lipinski definition) is 0. The first-order chi connectivity index (χ1) is 16.4. The van der Waals surface area contributed by atoms with Crippen LogP contribution in [0.3, 0.4) is 0 Å². The van der Waals surface area contributed by atoms with Crippen LogP contribution >= 0.6 is 46.6 Å². The van der Waals surface area contributed by atoms with Crippen molar-refractivity contribution in [1.29, 1.82) is 0 Å². The van der Waals surface area contributed by atoms with Crippen LogP contribution in [0.25, 0.3) is 6.08 Å². The number of ether oxygens (including phenoxy) is 2. The highest BCUT2D eigenvalue weighted by molar-refractivity contribution is 8.19. The average molecular weight is 535 g/mol. The predicted molar refractivity (Wildman–Crippen MR) is 138 cm³/mol. The van der Waals surface area contributed by atoms with Gasteiger partial charge in [-0.05, 0) is 78.9 Å². The van der Waals surface area contributed by atoms with Crippen molar-refractivity contribution in [3.05, 3.63) is 91.8 Å². The van der Waals surface area contributed by atoms with E-state index in [1.165, 1.54) is 0 Å². The lowest BCUT2D eigenvalue weighted by molar-refractivity contribution is -0.113. The smallest absolute Gasteiger partial charge is 0.298 e. The number of nitrogens with zero attached hydrogens (tertiary/aromatic N) is 1. The fourth-order valence-corrected chi connectivity index (χ4v) is 4.66. The summed E-state index contributed by atoms with van der Waals surface area (Å²) in [6.45, 7) is 2.52. The maximum Gasteiger partial charge on any atom is 0.298 e. The maximum atomic E-state index is 12.9. The molecule has 2 amide bonds. The summed E-state index contributed by atoms with van der Waals surface area (Å²) in [6.07, 6.45) is 1.66. The normalized spacial score (nSPS) is 14.7. The quantitative estimate of drug-likeness (QED) is 0.289. The molecule has 9 heteroatoms. The first-order valence-corrected chi connectivity index (χ1v) is 12.2. The molecule has 1 heterocycles. The maximum absolute atomic E-state index is 12.9. The molecule has 3 aromatic rings. The van der Waals surface area contributed by atoms with E-state index in [0.29, 0.717) is 49.3 Å². The van der Waals surface area contributed by atoms with E-state index >= 15 is 0 Å². The Hall–Kier alpha value is -2.64. The third-order valence-electron chi connectivity index (χ3n) is 4.84. The summed E-state index contributed by atoms with van der Waals surface area (Å²) in [6, 6.07) is 17.0. The first kappa shape index (κ1) is 24.5. The molecule has 174 valence electrons. The summed E-state index contributed by atoms with van der Waals surface area (Å²) in [5, 5.41) is 1.21. The third kappa shape index (κ3) is 5.53. The molecule has 0 N–H and O–H groups in total. The van der Waals surface area contributed by atoms with Crippen LogP contribution in [0.2, 0.25) is 15.1 Å². The molecule has 0 aromatic heterocycles. The molecule has 3 aromatic carbocycles. The monoisotopic (exact) mass is 533 g/mol.